The number of hydrogen-bond donors (Lipinski definition) is 1. The lowest BCUT2D eigenvalue weighted by atomic mass is 10.0. The fraction of sp³-hybridized carbons (Fsp3) is 0.600. The molecule has 26 heavy (non-hydrogen) atoms. The summed E-state index contributed by atoms with van der Waals surface area (Å²) in [6.45, 7) is 9.52. The molecule has 1 aromatic carbocycles. The SMILES string of the molecule is CCOC(=O)N[C@@H]1CCCN(C(=O)COc2cc(C)ccc2C(C)C)C1. The summed E-state index contributed by atoms with van der Waals surface area (Å²) in [7, 11) is 0. The number of carbonyl (C=O) groups excluding carboxylic acids is 2. The highest BCUT2D eigenvalue weighted by molar-refractivity contribution is 5.78. The second-order valence-corrected chi connectivity index (χ2v) is 7.03. The van der Waals surface area contributed by atoms with Crippen molar-refractivity contribution in [1.82, 2.24) is 10.2 Å². The van der Waals surface area contributed by atoms with E-state index in [4.69, 9.17) is 9.47 Å². The zero-order valence-corrected chi connectivity index (χ0v) is 16.2. The molecule has 0 unspecified atom stereocenters. The van der Waals surface area contributed by atoms with Crippen LogP contribution < -0.4 is 10.1 Å². The smallest absolute Gasteiger partial charge is 0.407 e. The van der Waals surface area contributed by atoms with Gasteiger partial charge in [0.2, 0.25) is 0 Å². The lowest BCUT2D eigenvalue weighted by molar-refractivity contribution is -0.134. The van der Waals surface area contributed by atoms with Gasteiger partial charge in [-0.05, 0) is 49.8 Å². The maximum absolute atomic E-state index is 12.6. The van der Waals surface area contributed by atoms with Crippen LogP contribution in [-0.4, -0.2) is 49.2 Å². The first-order valence-electron chi connectivity index (χ1n) is 9.35. The molecule has 1 aromatic rings. The lowest BCUT2D eigenvalue weighted by Crippen LogP contribution is -2.50. The summed E-state index contributed by atoms with van der Waals surface area (Å²) in [6, 6.07) is 6.02. The van der Waals surface area contributed by atoms with Crippen molar-refractivity contribution in [3.05, 3.63) is 29.3 Å². The third kappa shape index (κ3) is 5.64. The van der Waals surface area contributed by atoms with Crippen LogP contribution in [0.15, 0.2) is 18.2 Å². The van der Waals surface area contributed by atoms with Crippen molar-refractivity contribution >= 4 is 12.0 Å². The van der Waals surface area contributed by atoms with E-state index in [1.807, 2.05) is 13.0 Å². The van der Waals surface area contributed by atoms with E-state index in [-0.39, 0.29) is 18.6 Å². The number of hydrogen-bond acceptors (Lipinski definition) is 4. The highest BCUT2D eigenvalue weighted by Crippen LogP contribution is 2.27. The maximum atomic E-state index is 12.6. The Balaban J connectivity index is 1.91. The first kappa shape index (κ1) is 20.1. The third-order valence-corrected chi connectivity index (χ3v) is 4.51. The van der Waals surface area contributed by atoms with Crippen LogP contribution in [-0.2, 0) is 9.53 Å². The molecule has 0 aliphatic carbocycles. The van der Waals surface area contributed by atoms with Gasteiger partial charge in [0, 0.05) is 19.1 Å². The molecule has 144 valence electrons. The Kier molecular flexibility index (Phi) is 7.30. The Morgan fingerprint density at radius 1 is 1.35 bits per heavy atom. The van der Waals surface area contributed by atoms with E-state index in [9.17, 15) is 9.59 Å². The molecule has 1 fully saturated rings. The fourth-order valence-corrected chi connectivity index (χ4v) is 3.14. The van der Waals surface area contributed by atoms with Crippen molar-refractivity contribution in [2.24, 2.45) is 0 Å². The van der Waals surface area contributed by atoms with Crippen molar-refractivity contribution < 1.29 is 19.1 Å². The van der Waals surface area contributed by atoms with Gasteiger partial charge in [-0.3, -0.25) is 4.79 Å². The van der Waals surface area contributed by atoms with Gasteiger partial charge in [0.05, 0.1) is 6.61 Å². The molecule has 1 saturated heterocycles. The van der Waals surface area contributed by atoms with Gasteiger partial charge in [-0.2, -0.15) is 0 Å². The molecule has 0 radical (unpaired) electrons. The van der Waals surface area contributed by atoms with Crippen LogP contribution in [0.5, 0.6) is 5.75 Å². The number of nitrogens with zero attached hydrogens (tertiary/aromatic N) is 1. The highest BCUT2D eigenvalue weighted by atomic mass is 16.5. The number of carbonyl (C=O) groups is 2. The van der Waals surface area contributed by atoms with Gasteiger partial charge in [0.25, 0.3) is 5.91 Å². The van der Waals surface area contributed by atoms with Crippen LogP contribution in [0.3, 0.4) is 0 Å². The number of rotatable bonds is 6. The molecule has 1 N–H and O–H groups in total. The number of aryl methyl sites for hydroxylation is 1. The normalized spacial score (nSPS) is 17.1. The molecular weight excluding hydrogens is 332 g/mol. The van der Waals surface area contributed by atoms with E-state index in [0.717, 1.165) is 29.7 Å². The van der Waals surface area contributed by atoms with Gasteiger partial charge in [-0.15, -0.1) is 0 Å². The van der Waals surface area contributed by atoms with Gasteiger partial charge in [-0.1, -0.05) is 26.0 Å². The minimum atomic E-state index is -0.426. The first-order chi connectivity index (χ1) is 12.4. The topological polar surface area (TPSA) is 67.9 Å². The van der Waals surface area contributed by atoms with Gasteiger partial charge in [0.1, 0.15) is 5.75 Å². The zero-order valence-electron chi connectivity index (χ0n) is 16.2. The van der Waals surface area contributed by atoms with Crippen molar-refractivity contribution in [1.29, 1.82) is 0 Å². The maximum Gasteiger partial charge on any atom is 0.407 e. The minimum absolute atomic E-state index is 0.00923. The van der Waals surface area contributed by atoms with E-state index in [2.05, 4.69) is 31.3 Å². The van der Waals surface area contributed by atoms with Crippen LogP contribution in [0.2, 0.25) is 0 Å². The molecule has 0 saturated carbocycles. The number of piperidine rings is 1. The molecule has 0 bridgehead atoms. The Hall–Kier alpha value is -2.24. The average Bonchev–Trinajstić information content (AvgIpc) is 2.59. The molecule has 6 heteroatoms. The molecule has 2 rings (SSSR count). The highest BCUT2D eigenvalue weighted by Gasteiger charge is 2.25. The molecule has 1 aliphatic rings. The van der Waals surface area contributed by atoms with E-state index >= 15 is 0 Å². The number of amides is 2. The van der Waals surface area contributed by atoms with Crippen molar-refractivity contribution in [3.63, 3.8) is 0 Å². The van der Waals surface area contributed by atoms with E-state index in [1.165, 1.54) is 0 Å². The van der Waals surface area contributed by atoms with E-state index in [0.29, 0.717) is 25.6 Å². The van der Waals surface area contributed by atoms with Crippen LogP contribution in [0.1, 0.15) is 50.7 Å². The summed E-state index contributed by atoms with van der Waals surface area (Å²) in [5.74, 6) is 1.04. The van der Waals surface area contributed by atoms with Crippen LogP contribution in [0.25, 0.3) is 0 Å². The second kappa shape index (κ2) is 9.46. The molecule has 0 spiro atoms. The standard InChI is InChI=1S/C20H30N2O4/c1-5-25-20(24)21-16-7-6-10-22(12-16)19(23)13-26-18-11-15(4)8-9-17(18)14(2)3/h8-9,11,14,16H,5-7,10,12-13H2,1-4H3,(H,21,24)/t16-/m1/s1. The summed E-state index contributed by atoms with van der Waals surface area (Å²) in [6.07, 6.45) is 1.27. The number of ether oxygens (including phenoxy) is 2. The quantitative estimate of drug-likeness (QED) is 0.844. The first-order valence-corrected chi connectivity index (χ1v) is 9.35. The molecule has 1 heterocycles. The Morgan fingerprint density at radius 2 is 2.12 bits per heavy atom. The van der Waals surface area contributed by atoms with E-state index < -0.39 is 6.09 Å². The number of alkyl carbamates (subject to hydrolysis) is 1. The number of benzene rings is 1. The van der Waals surface area contributed by atoms with Gasteiger partial charge in [-0.25, -0.2) is 4.79 Å². The number of likely N-dealkylation sites (tertiary alicyclic amines) is 1. The average molecular weight is 362 g/mol. The molecular formula is C20H30N2O4. The summed E-state index contributed by atoms with van der Waals surface area (Å²) in [5.41, 5.74) is 2.21. The predicted molar refractivity (Wildman–Crippen MR) is 101 cm³/mol. The zero-order chi connectivity index (χ0) is 19.1. The van der Waals surface area contributed by atoms with E-state index in [1.54, 1.807) is 11.8 Å². The largest absolute Gasteiger partial charge is 0.483 e. The van der Waals surface area contributed by atoms with Crippen molar-refractivity contribution in [2.75, 3.05) is 26.3 Å². The Labute approximate surface area is 155 Å². The lowest BCUT2D eigenvalue weighted by Gasteiger charge is -2.33. The summed E-state index contributed by atoms with van der Waals surface area (Å²) in [5, 5.41) is 2.81. The van der Waals surface area contributed by atoms with Crippen molar-refractivity contribution in [2.45, 2.75) is 52.5 Å². The Morgan fingerprint density at radius 3 is 2.81 bits per heavy atom. The summed E-state index contributed by atoms with van der Waals surface area (Å²) in [4.78, 5) is 25.9. The van der Waals surface area contributed by atoms with Crippen LogP contribution in [0, 0.1) is 6.92 Å². The molecule has 0 aromatic heterocycles. The monoisotopic (exact) mass is 362 g/mol. The van der Waals surface area contributed by atoms with Crippen molar-refractivity contribution in [3.8, 4) is 5.75 Å². The predicted octanol–water partition coefficient (Wildman–Crippen LogP) is 3.23. The molecule has 2 amide bonds. The fourth-order valence-electron chi connectivity index (χ4n) is 3.14. The number of nitrogens with one attached hydrogen (secondary N) is 1. The van der Waals surface area contributed by atoms with Gasteiger partial charge < -0.3 is 19.7 Å². The van der Waals surface area contributed by atoms with Gasteiger partial charge in [0.15, 0.2) is 6.61 Å². The summed E-state index contributed by atoms with van der Waals surface area (Å²) >= 11 is 0. The summed E-state index contributed by atoms with van der Waals surface area (Å²) < 4.78 is 10.8. The van der Waals surface area contributed by atoms with Crippen LogP contribution in [0.4, 0.5) is 4.79 Å². The minimum Gasteiger partial charge on any atom is -0.483 e. The van der Waals surface area contributed by atoms with Crippen LogP contribution >= 0.6 is 0 Å². The molecule has 6 nitrogen and oxygen atoms in total. The third-order valence-electron chi connectivity index (χ3n) is 4.51. The molecule has 1 aliphatic heterocycles. The second-order valence-electron chi connectivity index (χ2n) is 7.03. The van der Waals surface area contributed by atoms with Gasteiger partial charge >= 0.3 is 6.09 Å². The molecule has 1 atom stereocenters. The Bertz CT molecular complexity index is 630.